The number of sulfonamides is 1. The summed E-state index contributed by atoms with van der Waals surface area (Å²) < 4.78 is 27.6. The first-order valence-corrected chi connectivity index (χ1v) is 10.6. The summed E-state index contributed by atoms with van der Waals surface area (Å²) in [7, 11) is -3.44. The first kappa shape index (κ1) is 18.6. The Morgan fingerprint density at radius 1 is 0.923 bits per heavy atom. The van der Waals surface area contributed by atoms with Gasteiger partial charge in [-0.15, -0.1) is 0 Å². The van der Waals surface area contributed by atoms with E-state index in [2.05, 4.69) is 14.7 Å². The number of nitrogens with one attached hydrogen (secondary N) is 2. The summed E-state index contributed by atoms with van der Waals surface area (Å²) >= 11 is 0. The van der Waals surface area contributed by atoms with Crippen molar-refractivity contribution in [3.63, 3.8) is 0 Å². The fraction of sp³-hybridized carbons (Fsp3) is 0.350. The lowest BCUT2D eigenvalue weighted by atomic mass is 10.1. The van der Waals surface area contributed by atoms with Gasteiger partial charge in [0, 0.05) is 18.4 Å². The molecule has 138 valence electrons. The van der Waals surface area contributed by atoms with Gasteiger partial charge in [-0.2, -0.15) is 0 Å². The van der Waals surface area contributed by atoms with E-state index >= 15 is 0 Å². The Balaban J connectivity index is 1.37. The molecule has 5 nitrogen and oxygen atoms in total. The zero-order valence-corrected chi connectivity index (χ0v) is 15.6. The van der Waals surface area contributed by atoms with Crippen LogP contribution in [0.3, 0.4) is 0 Å². The Labute approximate surface area is 154 Å². The second kappa shape index (κ2) is 8.96. The molecule has 0 aliphatic rings. The van der Waals surface area contributed by atoms with E-state index in [1.165, 1.54) is 5.69 Å². The fourth-order valence-electron chi connectivity index (χ4n) is 3.02. The van der Waals surface area contributed by atoms with Crippen molar-refractivity contribution in [3.8, 4) is 0 Å². The van der Waals surface area contributed by atoms with Crippen LogP contribution in [0.15, 0.2) is 59.9 Å². The maximum Gasteiger partial charge on any atom is 0.240 e. The van der Waals surface area contributed by atoms with E-state index in [0.717, 1.165) is 49.3 Å². The van der Waals surface area contributed by atoms with E-state index in [1.54, 1.807) is 18.5 Å². The molecule has 0 saturated carbocycles. The molecule has 0 unspecified atom stereocenters. The first-order chi connectivity index (χ1) is 12.6. The van der Waals surface area contributed by atoms with Crippen LogP contribution in [0.4, 0.5) is 0 Å². The number of hydrogen-bond acceptors (Lipinski definition) is 3. The lowest BCUT2D eigenvalue weighted by Gasteiger charge is -2.08. The third kappa shape index (κ3) is 5.16. The molecule has 0 amide bonds. The number of fused-ring (bicyclic) bond motifs is 1. The smallest absolute Gasteiger partial charge is 0.240 e. The van der Waals surface area contributed by atoms with Crippen LogP contribution in [0, 0.1) is 0 Å². The van der Waals surface area contributed by atoms with Crippen molar-refractivity contribution < 1.29 is 8.42 Å². The summed E-state index contributed by atoms with van der Waals surface area (Å²) in [6, 6.07) is 13.0. The van der Waals surface area contributed by atoms with Gasteiger partial charge in [-0.25, -0.2) is 18.1 Å². The highest BCUT2D eigenvalue weighted by Crippen LogP contribution is 2.18. The van der Waals surface area contributed by atoms with Crippen molar-refractivity contribution in [3.05, 3.63) is 60.7 Å². The molecule has 0 bridgehead atoms. The van der Waals surface area contributed by atoms with Crippen LogP contribution >= 0.6 is 0 Å². The fourth-order valence-corrected chi connectivity index (χ4v) is 4.13. The molecule has 0 spiro atoms. The maximum atomic E-state index is 12.4. The summed E-state index contributed by atoms with van der Waals surface area (Å²) in [4.78, 5) is 7.44. The number of rotatable bonds is 10. The van der Waals surface area contributed by atoms with Gasteiger partial charge in [0.15, 0.2) is 0 Å². The molecule has 0 radical (unpaired) electrons. The molecule has 0 saturated heterocycles. The number of hydrogen-bond donors (Lipinski definition) is 2. The predicted octanol–water partition coefficient (Wildman–Crippen LogP) is 4.03. The van der Waals surface area contributed by atoms with E-state index in [9.17, 15) is 8.42 Å². The third-order valence-corrected chi connectivity index (χ3v) is 5.96. The molecule has 6 heteroatoms. The summed E-state index contributed by atoms with van der Waals surface area (Å²) in [5, 5.41) is 1.98. The van der Waals surface area contributed by atoms with Gasteiger partial charge in [0.25, 0.3) is 0 Å². The van der Waals surface area contributed by atoms with Crippen LogP contribution in [0.2, 0.25) is 0 Å². The summed E-state index contributed by atoms with van der Waals surface area (Å²) in [6.45, 7) is 0.482. The lowest BCUT2D eigenvalue weighted by molar-refractivity contribution is 0.568. The van der Waals surface area contributed by atoms with Gasteiger partial charge < -0.3 is 4.98 Å². The standard InChI is InChI=1S/C20H25N3O2S/c24-26(25,20-12-11-17-8-5-6-9-18(17)14-20)23-13-7-3-1-2-4-10-19-15-21-16-22-19/h5-6,8-9,11-12,14-16,23H,1-4,7,10,13H2,(H,21,22). The Morgan fingerprint density at radius 2 is 1.69 bits per heavy atom. The zero-order valence-electron chi connectivity index (χ0n) is 14.8. The van der Waals surface area contributed by atoms with Crippen LogP contribution in [-0.2, 0) is 16.4 Å². The Hall–Kier alpha value is -2.18. The van der Waals surface area contributed by atoms with Crippen molar-refractivity contribution >= 4 is 20.8 Å². The summed E-state index contributed by atoms with van der Waals surface area (Å²) in [5.74, 6) is 0. The second-order valence-corrected chi connectivity index (χ2v) is 8.27. The second-order valence-electron chi connectivity index (χ2n) is 6.50. The SMILES string of the molecule is O=S(=O)(NCCCCCCCc1cnc[nH]1)c1ccc2ccccc2c1. The van der Waals surface area contributed by atoms with Gasteiger partial charge in [0.05, 0.1) is 11.2 Å². The van der Waals surface area contributed by atoms with Crippen LogP contribution in [0.1, 0.15) is 37.8 Å². The van der Waals surface area contributed by atoms with Crippen LogP contribution in [0.5, 0.6) is 0 Å². The molecule has 3 rings (SSSR count). The normalized spacial score (nSPS) is 11.8. The number of unbranched alkanes of at least 4 members (excludes halogenated alkanes) is 4. The lowest BCUT2D eigenvalue weighted by Crippen LogP contribution is -2.24. The molecule has 26 heavy (non-hydrogen) atoms. The molecular weight excluding hydrogens is 346 g/mol. The van der Waals surface area contributed by atoms with Gasteiger partial charge in [-0.05, 0) is 42.2 Å². The van der Waals surface area contributed by atoms with Gasteiger partial charge in [-0.1, -0.05) is 49.6 Å². The van der Waals surface area contributed by atoms with Crippen molar-refractivity contribution in [1.29, 1.82) is 0 Å². The number of benzene rings is 2. The Bertz CT molecular complexity index is 921. The van der Waals surface area contributed by atoms with Crippen molar-refractivity contribution in [1.82, 2.24) is 14.7 Å². The number of aryl methyl sites for hydroxylation is 1. The molecule has 2 aromatic carbocycles. The molecule has 0 aliphatic carbocycles. The molecule has 3 aromatic rings. The minimum Gasteiger partial charge on any atom is -0.348 e. The maximum absolute atomic E-state index is 12.4. The quantitative estimate of drug-likeness (QED) is 0.528. The number of H-pyrrole nitrogens is 1. The minimum atomic E-state index is -3.44. The topological polar surface area (TPSA) is 74.8 Å². The van der Waals surface area contributed by atoms with Crippen LogP contribution < -0.4 is 4.72 Å². The van der Waals surface area contributed by atoms with E-state index in [-0.39, 0.29) is 0 Å². The molecule has 0 atom stereocenters. The summed E-state index contributed by atoms with van der Waals surface area (Å²) in [5.41, 5.74) is 1.17. The van der Waals surface area contributed by atoms with Gasteiger partial charge in [-0.3, -0.25) is 0 Å². The third-order valence-electron chi connectivity index (χ3n) is 4.50. The number of aromatic nitrogens is 2. The van der Waals surface area contributed by atoms with Crippen LogP contribution in [-0.4, -0.2) is 24.9 Å². The molecule has 1 aromatic heterocycles. The highest BCUT2D eigenvalue weighted by molar-refractivity contribution is 7.89. The van der Waals surface area contributed by atoms with E-state index in [0.29, 0.717) is 11.4 Å². The number of imidazole rings is 1. The van der Waals surface area contributed by atoms with Gasteiger partial charge >= 0.3 is 0 Å². The van der Waals surface area contributed by atoms with E-state index in [1.807, 2.05) is 36.5 Å². The largest absolute Gasteiger partial charge is 0.348 e. The molecule has 0 fully saturated rings. The molecule has 2 N–H and O–H groups in total. The average Bonchev–Trinajstić information content (AvgIpc) is 3.17. The highest BCUT2D eigenvalue weighted by Gasteiger charge is 2.13. The van der Waals surface area contributed by atoms with Gasteiger partial charge in [0.2, 0.25) is 10.0 Å². The van der Waals surface area contributed by atoms with Gasteiger partial charge in [0.1, 0.15) is 0 Å². The average molecular weight is 372 g/mol. The van der Waals surface area contributed by atoms with E-state index < -0.39 is 10.0 Å². The molecular formula is C20H25N3O2S. The minimum absolute atomic E-state index is 0.329. The Morgan fingerprint density at radius 3 is 2.50 bits per heavy atom. The zero-order chi connectivity index (χ0) is 18.2. The van der Waals surface area contributed by atoms with Crippen LogP contribution in [0.25, 0.3) is 10.8 Å². The highest BCUT2D eigenvalue weighted by atomic mass is 32.2. The molecule has 1 heterocycles. The predicted molar refractivity (Wildman–Crippen MR) is 105 cm³/mol. The first-order valence-electron chi connectivity index (χ1n) is 9.11. The van der Waals surface area contributed by atoms with Crippen molar-refractivity contribution in [2.24, 2.45) is 0 Å². The number of aromatic amines is 1. The van der Waals surface area contributed by atoms with Crippen molar-refractivity contribution in [2.45, 2.75) is 43.4 Å². The monoisotopic (exact) mass is 371 g/mol. The molecule has 0 aliphatic heterocycles. The number of nitrogens with zero attached hydrogens (tertiary/aromatic N) is 1. The Kier molecular flexibility index (Phi) is 6.41. The van der Waals surface area contributed by atoms with E-state index in [4.69, 9.17) is 0 Å². The summed E-state index contributed by atoms with van der Waals surface area (Å²) in [6.07, 6.45) is 9.88. The van der Waals surface area contributed by atoms with Crippen molar-refractivity contribution in [2.75, 3.05) is 6.54 Å².